The number of rotatable bonds is 2. The Hall–Kier alpha value is -1.55. The van der Waals surface area contributed by atoms with Crippen molar-refractivity contribution in [1.82, 2.24) is 4.90 Å². The number of carbonyl (C=O) groups is 1. The van der Waals surface area contributed by atoms with Crippen molar-refractivity contribution in [3.8, 4) is 0 Å². The molecule has 100 valence electrons. The van der Waals surface area contributed by atoms with Gasteiger partial charge in [0.05, 0.1) is 12.2 Å². The highest BCUT2D eigenvalue weighted by Crippen LogP contribution is 2.29. The Kier molecular flexibility index (Phi) is 2.97. The SMILES string of the molecule is CC(C)N1CC2CN(c3ccc(Cl)cc3)N=C2C1=O. The van der Waals surface area contributed by atoms with Crippen LogP contribution in [0.1, 0.15) is 13.8 Å². The maximum absolute atomic E-state index is 12.2. The van der Waals surface area contributed by atoms with Gasteiger partial charge >= 0.3 is 0 Å². The summed E-state index contributed by atoms with van der Waals surface area (Å²) in [5, 5.41) is 7.08. The molecule has 4 nitrogen and oxygen atoms in total. The number of nitrogens with zero attached hydrogens (tertiary/aromatic N) is 3. The van der Waals surface area contributed by atoms with Crippen LogP contribution in [-0.2, 0) is 4.79 Å². The maximum Gasteiger partial charge on any atom is 0.270 e. The summed E-state index contributed by atoms with van der Waals surface area (Å²) in [5.74, 6) is 0.307. The molecule has 0 N–H and O–H groups in total. The van der Waals surface area contributed by atoms with Crippen molar-refractivity contribution in [2.45, 2.75) is 19.9 Å². The van der Waals surface area contributed by atoms with E-state index < -0.39 is 0 Å². The smallest absolute Gasteiger partial charge is 0.270 e. The highest BCUT2D eigenvalue weighted by molar-refractivity contribution is 6.42. The van der Waals surface area contributed by atoms with E-state index in [1.165, 1.54) is 0 Å². The molecule has 19 heavy (non-hydrogen) atoms. The number of fused-ring (bicyclic) bond motifs is 1. The predicted molar refractivity (Wildman–Crippen MR) is 76.6 cm³/mol. The molecule has 0 spiro atoms. The Morgan fingerprint density at radius 2 is 1.95 bits per heavy atom. The van der Waals surface area contributed by atoms with Gasteiger partial charge in [0.15, 0.2) is 0 Å². The number of anilines is 1. The van der Waals surface area contributed by atoms with Crippen LogP contribution >= 0.6 is 11.6 Å². The first kappa shape index (κ1) is 12.5. The molecular weight excluding hydrogens is 262 g/mol. The molecule has 0 aromatic heterocycles. The van der Waals surface area contributed by atoms with E-state index in [9.17, 15) is 4.79 Å². The molecule has 1 atom stereocenters. The molecule has 2 aliphatic heterocycles. The Morgan fingerprint density at radius 1 is 1.26 bits per heavy atom. The zero-order chi connectivity index (χ0) is 13.6. The van der Waals surface area contributed by atoms with E-state index in [4.69, 9.17) is 11.6 Å². The Labute approximate surface area is 117 Å². The van der Waals surface area contributed by atoms with Crippen LogP contribution in [0.15, 0.2) is 29.4 Å². The maximum atomic E-state index is 12.2. The zero-order valence-corrected chi connectivity index (χ0v) is 11.8. The average molecular weight is 278 g/mol. The topological polar surface area (TPSA) is 35.9 Å². The Morgan fingerprint density at radius 3 is 2.53 bits per heavy atom. The van der Waals surface area contributed by atoms with Crippen LogP contribution in [0, 0.1) is 5.92 Å². The van der Waals surface area contributed by atoms with E-state index in [1.54, 1.807) is 0 Å². The summed E-state index contributed by atoms with van der Waals surface area (Å²) in [5.41, 5.74) is 1.68. The third-order valence-corrected chi connectivity index (χ3v) is 3.91. The predicted octanol–water partition coefficient (Wildman–Crippen LogP) is 2.38. The third kappa shape index (κ3) is 2.10. The number of hydrazone groups is 1. The molecule has 0 aliphatic carbocycles. The fourth-order valence-electron chi connectivity index (χ4n) is 2.60. The van der Waals surface area contributed by atoms with Crippen LogP contribution in [0.2, 0.25) is 5.02 Å². The Balaban J connectivity index is 1.83. The second-order valence-electron chi connectivity index (χ2n) is 5.29. The lowest BCUT2D eigenvalue weighted by Gasteiger charge is -2.22. The summed E-state index contributed by atoms with van der Waals surface area (Å²) < 4.78 is 0. The molecule has 1 saturated heterocycles. The van der Waals surface area contributed by atoms with Gasteiger partial charge in [-0.15, -0.1) is 0 Å². The fraction of sp³-hybridized carbons (Fsp3) is 0.429. The number of likely N-dealkylation sites (tertiary alicyclic amines) is 1. The number of amides is 1. The molecule has 1 fully saturated rings. The van der Waals surface area contributed by atoms with E-state index >= 15 is 0 Å². The first-order valence-corrected chi connectivity index (χ1v) is 6.86. The largest absolute Gasteiger partial charge is 0.334 e. The standard InChI is InChI=1S/C14H16ClN3O/c1-9(2)17-7-10-8-18(16-13(10)14(17)19)12-5-3-11(15)4-6-12/h3-6,9-10H,7-8H2,1-2H3. The van der Waals surface area contributed by atoms with Gasteiger partial charge in [0, 0.05) is 23.5 Å². The fourth-order valence-corrected chi connectivity index (χ4v) is 2.72. The van der Waals surface area contributed by atoms with E-state index in [2.05, 4.69) is 5.10 Å². The summed E-state index contributed by atoms with van der Waals surface area (Å²) in [7, 11) is 0. The van der Waals surface area contributed by atoms with Gasteiger partial charge in [-0.25, -0.2) is 0 Å². The number of halogens is 1. The molecule has 0 bridgehead atoms. The van der Waals surface area contributed by atoms with Crippen LogP contribution in [-0.4, -0.2) is 35.7 Å². The summed E-state index contributed by atoms with van der Waals surface area (Å²) in [6.07, 6.45) is 0. The number of hydrogen-bond donors (Lipinski definition) is 0. The molecule has 3 rings (SSSR count). The lowest BCUT2D eigenvalue weighted by atomic mass is 10.1. The zero-order valence-electron chi connectivity index (χ0n) is 11.0. The monoisotopic (exact) mass is 277 g/mol. The van der Waals surface area contributed by atoms with E-state index in [1.807, 2.05) is 48.0 Å². The molecule has 0 radical (unpaired) electrons. The number of carbonyl (C=O) groups excluding carboxylic acids is 1. The minimum absolute atomic E-state index is 0.0801. The molecule has 1 aromatic rings. The van der Waals surface area contributed by atoms with Crippen molar-refractivity contribution in [3.05, 3.63) is 29.3 Å². The van der Waals surface area contributed by atoms with Crippen molar-refractivity contribution in [2.75, 3.05) is 18.1 Å². The first-order valence-electron chi connectivity index (χ1n) is 6.49. The van der Waals surface area contributed by atoms with Crippen LogP contribution in [0.5, 0.6) is 0 Å². The minimum atomic E-state index is 0.0801. The molecule has 1 aromatic carbocycles. The molecule has 1 amide bonds. The van der Waals surface area contributed by atoms with Crippen LogP contribution in [0.4, 0.5) is 5.69 Å². The van der Waals surface area contributed by atoms with Crippen LogP contribution in [0.3, 0.4) is 0 Å². The molecular formula is C14H16ClN3O. The quantitative estimate of drug-likeness (QED) is 0.832. The van der Waals surface area contributed by atoms with Gasteiger partial charge in [-0.1, -0.05) is 11.6 Å². The number of benzene rings is 1. The van der Waals surface area contributed by atoms with Crippen molar-refractivity contribution in [2.24, 2.45) is 11.0 Å². The van der Waals surface area contributed by atoms with Crippen LogP contribution < -0.4 is 5.01 Å². The lowest BCUT2D eigenvalue weighted by molar-refractivity contribution is -0.124. The van der Waals surface area contributed by atoms with E-state index in [-0.39, 0.29) is 17.9 Å². The minimum Gasteiger partial charge on any atom is -0.334 e. The molecule has 1 unspecified atom stereocenters. The van der Waals surface area contributed by atoms with E-state index in [0.717, 1.165) is 18.8 Å². The molecule has 2 heterocycles. The van der Waals surface area contributed by atoms with Crippen molar-refractivity contribution < 1.29 is 4.79 Å². The second-order valence-corrected chi connectivity index (χ2v) is 5.73. The van der Waals surface area contributed by atoms with Gasteiger partial charge < -0.3 is 4.90 Å². The van der Waals surface area contributed by atoms with Crippen molar-refractivity contribution >= 4 is 28.9 Å². The highest BCUT2D eigenvalue weighted by Gasteiger charge is 2.42. The number of hydrogen-bond acceptors (Lipinski definition) is 3. The molecule has 5 heteroatoms. The van der Waals surface area contributed by atoms with Gasteiger partial charge in [0.25, 0.3) is 5.91 Å². The average Bonchev–Trinajstić information content (AvgIpc) is 2.90. The van der Waals surface area contributed by atoms with Gasteiger partial charge in [0.2, 0.25) is 0 Å². The Bertz CT molecular complexity index is 538. The summed E-state index contributed by atoms with van der Waals surface area (Å²) >= 11 is 5.88. The van der Waals surface area contributed by atoms with E-state index in [0.29, 0.717) is 10.7 Å². The van der Waals surface area contributed by atoms with Crippen LogP contribution in [0.25, 0.3) is 0 Å². The summed E-state index contributed by atoms with van der Waals surface area (Å²) in [6.45, 7) is 5.62. The lowest BCUT2D eigenvalue weighted by Crippen LogP contribution is -2.35. The van der Waals surface area contributed by atoms with Crippen molar-refractivity contribution in [1.29, 1.82) is 0 Å². The van der Waals surface area contributed by atoms with Gasteiger partial charge in [0.1, 0.15) is 5.71 Å². The van der Waals surface area contributed by atoms with Crippen molar-refractivity contribution in [3.63, 3.8) is 0 Å². The molecule has 0 saturated carbocycles. The van der Waals surface area contributed by atoms with Gasteiger partial charge in [-0.05, 0) is 38.1 Å². The third-order valence-electron chi connectivity index (χ3n) is 3.65. The normalized spacial score (nSPS) is 22.2. The summed E-state index contributed by atoms with van der Waals surface area (Å²) in [4.78, 5) is 14.1. The van der Waals surface area contributed by atoms with Gasteiger partial charge in [-0.2, -0.15) is 5.10 Å². The first-order chi connectivity index (χ1) is 9.06. The second kappa shape index (κ2) is 4.53. The highest BCUT2D eigenvalue weighted by atomic mass is 35.5. The summed E-state index contributed by atoms with van der Waals surface area (Å²) in [6, 6.07) is 7.78. The van der Waals surface area contributed by atoms with Gasteiger partial charge in [-0.3, -0.25) is 9.80 Å². The molecule has 2 aliphatic rings.